The quantitative estimate of drug-likeness (QED) is 0.148. The van der Waals surface area contributed by atoms with Crippen LogP contribution in [-0.4, -0.2) is 0 Å². The lowest BCUT2D eigenvalue weighted by molar-refractivity contribution is 0.487. The molecule has 208 valence electrons. The van der Waals surface area contributed by atoms with E-state index in [0.717, 1.165) is 17.1 Å². The molecule has 0 aliphatic carbocycles. The Labute approximate surface area is 260 Å². The summed E-state index contributed by atoms with van der Waals surface area (Å²) in [5.41, 5.74) is 7.36. The van der Waals surface area contributed by atoms with Gasteiger partial charge in [0.05, 0.1) is 0 Å². The lowest BCUT2D eigenvalue weighted by Crippen LogP contribution is -1.98. The molecule has 1 aliphatic rings. The average molecular weight is 571 g/mol. The van der Waals surface area contributed by atoms with Crippen molar-refractivity contribution in [3.8, 4) is 44.9 Å². The lowest BCUT2D eigenvalue weighted by Gasteiger charge is -2.25. The molecule has 0 bridgehead atoms. The Hall–Kier alpha value is -5.92. The summed E-state index contributed by atoms with van der Waals surface area (Å²) in [6.45, 7) is 0. The van der Waals surface area contributed by atoms with Crippen molar-refractivity contribution < 1.29 is 4.74 Å². The zero-order valence-electron chi connectivity index (χ0n) is 24.4. The van der Waals surface area contributed by atoms with Crippen LogP contribution < -0.4 is 4.74 Å². The van der Waals surface area contributed by atoms with Gasteiger partial charge in [0.15, 0.2) is 0 Å². The van der Waals surface area contributed by atoms with Crippen molar-refractivity contribution in [3.63, 3.8) is 0 Å². The molecule has 0 amide bonds. The SMILES string of the molecule is c1ccc(-c2c3ccccc3c(-c3ccc4c5c(cccc35)-c3ccccc3O4)c3c4ccccc4c4ccccc4c23)cc1. The second-order valence-corrected chi connectivity index (χ2v) is 11.9. The highest BCUT2D eigenvalue weighted by Gasteiger charge is 2.25. The summed E-state index contributed by atoms with van der Waals surface area (Å²) in [5, 5.41) is 12.6. The van der Waals surface area contributed by atoms with Crippen LogP contribution in [-0.2, 0) is 0 Å². The molecule has 0 atom stereocenters. The molecular formula is C44H26O. The number of hydrogen-bond donors (Lipinski definition) is 0. The Balaban J connectivity index is 1.48. The minimum absolute atomic E-state index is 0.908. The molecule has 9 aromatic rings. The zero-order chi connectivity index (χ0) is 29.5. The van der Waals surface area contributed by atoms with Gasteiger partial charge in [-0.2, -0.15) is 0 Å². The number of para-hydroxylation sites is 1. The van der Waals surface area contributed by atoms with E-state index in [0.29, 0.717) is 0 Å². The van der Waals surface area contributed by atoms with Gasteiger partial charge in [-0.3, -0.25) is 0 Å². The summed E-state index contributed by atoms with van der Waals surface area (Å²) >= 11 is 0. The average Bonchev–Trinajstić information content (AvgIpc) is 3.11. The highest BCUT2D eigenvalue weighted by Crippen LogP contribution is 2.53. The van der Waals surface area contributed by atoms with Gasteiger partial charge in [0, 0.05) is 10.9 Å². The van der Waals surface area contributed by atoms with Gasteiger partial charge in [0.2, 0.25) is 0 Å². The van der Waals surface area contributed by atoms with Crippen molar-refractivity contribution in [3.05, 3.63) is 158 Å². The first kappa shape index (κ1) is 24.5. The van der Waals surface area contributed by atoms with Crippen molar-refractivity contribution in [1.29, 1.82) is 0 Å². The summed E-state index contributed by atoms with van der Waals surface area (Å²) < 4.78 is 6.52. The predicted octanol–water partition coefficient (Wildman–Crippen LogP) is 12.6. The smallest absolute Gasteiger partial charge is 0.135 e. The van der Waals surface area contributed by atoms with Crippen molar-refractivity contribution in [2.75, 3.05) is 0 Å². The van der Waals surface area contributed by atoms with Crippen LogP contribution in [0.15, 0.2) is 158 Å². The van der Waals surface area contributed by atoms with Gasteiger partial charge in [-0.15, -0.1) is 0 Å². The molecule has 0 saturated heterocycles. The summed E-state index contributed by atoms with van der Waals surface area (Å²) in [5.74, 6) is 1.82. The molecule has 9 aromatic carbocycles. The number of ether oxygens (including phenoxy) is 1. The van der Waals surface area contributed by atoms with Crippen LogP contribution in [0.2, 0.25) is 0 Å². The van der Waals surface area contributed by atoms with Crippen molar-refractivity contribution >= 4 is 53.9 Å². The second-order valence-electron chi connectivity index (χ2n) is 11.9. The number of fused-ring (bicyclic) bond motifs is 9. The fraction of sp³-hybridized carbons (Fsp3) is 0. The second kappa shape index (κ2) is 9.29. The third kappa shape index (κ3) is 3.38. The maximum atomic E-state index is 6.52. The van der Waals surface area contributed by atoms with E-state index in [-0.39, 0.29) is 0 Å². The molecule has 10 rings (SSSR count). The Morgan fingerprint density at radius 2 is 0.800 bits per heavy atom. The van der Waals surface area contributed by atoms with Crippen LogP contribution >= 0.6 is 0 Å². The summed E-state index contributed by atoms with van der Waals surface area (Å²) in [7, 11) is 0. The van der Waals surface area contributed by atoms with Gasteiger partial charge in [0.25, 0.3) is 0 Å². The van der Waals surface area contributed by atoms with Crippen molar-refractivity contribution in [1.82, 2.24) is 0 Å². The molecule has 0 saturated carbocycles. The highest BCUT2D eigenvalue weighted by molar-refractivity contribution is 6.37. The first-order valence-electron chi connectivity index (χ1n) is 15.5. The van der Waals surface area contributed by atoms with Crippen molar-refractivity contribution in [2.45, 2.75) is 0 Å². The van der Waals surface area contributed by atoms with Gasteiger partial charge >= 0.3 is 0 Å². The molecule has 1 heteroatoms. The topological polar surface area (TPSA) is 9.23 Å². The van der Waals surface area contributed by atoms with Gasteiger partial charge in [-0.1, -0.05) is 140 Å². The maximum absolute atomic E-state index is 6.52. The summed E-state index contributed by atoms with van der Waals surface area (Å²) in [6.07, 6.45) is 0. The molecule has 1 aliphatic heterocycles. The first-order valence-corrected chi connectivity index (χ1v) is 15.5. The molecule has 0 spiro atoms. The lowest BCUT2D eigenvalue weighted by atomic mass is 9.80. The maximum Gasteiger partial charge on any atom is 0.135 e. The molecule has 0 N–H and O–H groups in total. The summed E-state index contributed by atoms with van der Waals surface area (Å²) in [4.78, 5) is 0. The molecule has 0 aromatic heterocycles. The number of benzene rings is 9. The number of rotatable bonds is 2. The monoisotopic (exact) mass is 570 g/mol. The third-order valence-electron chi connectivity index (χ3n) is 9.63. The third-order valence-corrected chi connectivity index (χ3v) is 9.63. The zero-order valence-corrected chi connectivity index (χ0v) is 24.4. The molecule has 0 fully saturated rings. The Morgan fingerprint density at radius 3 is 1.53 bits per heavy atom. The van der Waals surface area contributed by atoms with Crippen LogP contribution in [0.4, 0.5) is 0 Å². The van der Waals surface area contributed by atoms with Gasteiger partial charge in [0.1, 0.15) is 11.5 Å². The minimum Gasteiger partial charge on any atom is -0.456 e. The molecule has 0 radical (unpaired) electrons. The van der Waals surface area contributed by atoms with E-state index in [1.165, 1.54) is 81.7 Å². The predicted molar refractivity (Wildman–Crippen MR) is 190 cm³/mol. The molecular weight excluding hydrogens is 544 g/mol. The molecule has 0 unspecified atom stereocenters. The van der Waals surface area contributed by atoms with Crippen molar-refractivity contribution in [2.24, 2.45) is 0 Å². The van der Waals surface area contributed by atoms with E-state index >= 15 is 0 Å². The van der Waals surface area contributed by atoms with Gasteiger partial charge < -0.3 is 4.74 Å². The normalized spacial score (nSPS) is 12.2. The van der Waals surface area contributed by atoms with Crippen LogP contribution in [0, 0.1) is 0 Å². The Bertz CT molecular complexity index is 2670. The molecule has 1 nitrogen and oxygen atoms in total. The first-order chi connectivity index (χ1) is 22.4. The van der Waals surface area contributed by atoms with E-state index in [1.807, 2.05) is 6.07 Å². The highest BCUT2D eigenvalue weighted by atomic mass is 16.5. The standard InChI is InChI=1S/C44H26O/c1-2-13-27(14-3-1)40-34-20-8-9-21-36(34)42(44-32-19-7-5-16-29(32)28-15-4-6-18-31(28)43(40)44)37-25-26-39-41-33(22-12-23-35(37)41)30-17-10-11-24-38(30)45-39/h1-26H. The van der Waals surface area contributed by atoms with Crippen LogP contribution in [0.25, 0.3) is 87.2 Å². The molecule has 1 heterocycles. The largest absolute Gasteiger partial charge is 0.456 e. The minimum atomic E-state index is 0.908. The van der Waals surface area contributed by atoms with E-state index in [1.54, 1.807) is 0 Å². The van der Waals surface area contributed by atoms with E-state index in [4.69, 9.17) is 4.74 Å². The summed E-state index contributed by atoms with van der Waals surface area (Å²) in [6, 6.07) is 57.2. The Kier molecular flexibility index (Phi) is 5.06. The van der Waals surface area contributed by atoms with E-state index in [2.05, 4.69) is 152 Å². The fourth-order valence-electron chi connectivity index (χ4n) is 7.83. The molecule has 45 heavy (non-hydrogen) atoms. The van der Waals surface area contributed by atoms with Crippen LogP contribution in [0.5, 0.6) is 11.5 Å². The van der Waals surface area contributed by atoms with Gasteiger partial charge in [-0.25, -0.2) is 0 Å². The van der Waals surface area contributed by atoms with Crippen LogP contribution in [0.1, 0.15) is 0 Å². The van der Waals surface area contributed by atoms with E-state index in [9.17, 15) is 0 Å². The van der Waals surface area contributed by atoms with Crippen LogP contribution in [0.3, 0.4) is 0 Å². The number of hydrogen-bond acceptors (Lipinski definition) is 1. The Morgan fingerprint density at radius 1 is 0.267 bits per heavy atom. The van der Waals surface area contributed by atoms with Gasteiger partial charge in [-0.05, 0) is 94.5 Å². The fourth-order valence-corrected chi connectivity index (χ4v) is 7.83. The van der Waals surface area contributed by atoms with E-state index < -0.39 is 0 Å².